The number of anilines is 1. The lowest BCUT2D eigenvalue weighted by Crippen LogP contribution is -2.44. The van der Waals surface area contributed by atoms with Crippen molar-refractivity contribution in [2.24, 2.45) is 5.92 Å². The molecule has 0 aromatic carbocycles. The number of pyridine rings is 1. The Morgan fingerprint density at radius 1 is 1.34 bits per heavy atom. The fourth-order valence-electron chi connectivity index (χ4n) is 4.47. The molecule has 0 radical (unpaired) electrons. The Morgan fingerprint density at radius 3 is 2.66 bits per heavy atom. The number of nitrogens with one attached hydrogen (secondary N) is 1. The van der Waals surface area contributed by atoms with Crippen molar-refractivity contribution in [3.8, 4) is 0 Å². The van der Waals surface area contributed by atoms with Crippen LogP contribution in [0.25, 0.3) is 5.52 Å². The average Bonchev–Trinajstić information content (AvgIpc) is 3.37. The number of carbonyl (C=O) groups is 1. The van der Waals surface area contributed by atoms with Crippen LogP contribution in [0.1, 0.15) is 43.2 Å². The highest BCUT2D eigenvalue weighted by Gasteiger charge is 2.34. The summed E-state index contributed by atoms with van der Waals surface area (Å²) in [5.41, 5.74) is 0.466. The average molecular weight is 405 g/mol. The number of aromatic nitrogens is 2. The third kappa shape index (κ3) is 3.12. The fourth-order valence-corrected chi connectivity index (χ4v) is 4.47. The van der Waals surface area contributed by atoms with Crippen molar-refractivity contribution in [3.05, 3.63) is 44.0 Å². The van der Waals surface area contributed by atoms with Crippen LogP contribution in [0, 0.1) is 18.7 Å². The molecule has 2 aliphatic rings. The second-order valence-corrected chi connectivity index (χ2v) is 8.05. The van der Waals surface area contributed by atoms with Crippen molar-refractivity contribution in [3.63, 3.8) is 0 Å². The number of halogens is 1. The number of carboxylic acid groups (broad SMARTS) is 1. The van der Waals surface area contributed by atoms with Gasteiger partial charge in [0.2, 0.25) is 0 Å². The molecule has 2 aromatic rings. The highest BCUT2D eigenvalue weighted by molar-refractivity contribution is 5.72. The molecule has 9 nitrogen and oxygen atoms in total. The van der Waals surface area contributed by atoms with E-state index >= 15 is 4.39 Å². The molecule has 2 atom stereocenters. The molecule has 1 aliphatic carbocycles. The molecular formula is C19H24FN5O4. The molecule has 1 saturated heterocycles. The van der Waals surface area contributed by atoms with E-state index in [0.717, 1.165) is 23.4 Å². The summed E-state index contributed by atoms with van der Waals surface area (Å²) < 4.78 is 16.8. The highest BCUT2D eigenvalue weighted by Crippen LogP contribution is 2.42. The van der Waals surface area contributed by atoms with Crippen LogP contribution in [0.3, 0.4) is 0 Å². The summed E-state index contributed by atoms with van der Waals surface area (Å²) in [6.07, 6.45) is 2.38. The van der Waals surface area contributed by atoms with Gasteiger partial charge in [0.1, 0.15) is 0 Å². The SMILES string of the molecule is Cc1c(N2CCC(C(C)NC(=O)O)C2)c(F)cn2c(=O)n(N)c(=O)c(C3CC3)c12. The van der Waals surface area contributed by atoms with Gasteiger partial charge in [0.05, 0.1) is 17.4 Å². The molecule has 10 heteroatoms. The highest BCUT2D eigenvalue weighted by atomic mass is 19.1. The van der Waals surface area contributed by atoms with Crippen LogP contribution in [-0.4, -0.2) is 39.4 Å². The molecule has 1 saturated carbocycles. The number of hydrogen-bond donors (Lipinski definition) is 3. The van der Waals surface area contributed by atoms with Gasteiger partial charge in [-0.25, -0.2) is 14.0 Å². The van der Waals surface area contributed by atoms with E-state index in [9.17, 15) is 14.4 Å². The summed E-state index contributed by atoms with van der Waals surface area (Å²) in [6.45, 7) is 4.54. The molecule has 3 heterocycles. The number of hydrogen-bond acceptors (Lipinski definition) is 5. The number of nitrogens with two attached hydrogens (primary N) is 1. The number of aryl methyl sites for hydroxylation is 1. The number of rotatable bonds is 4. The predicted octanol–water partition coefficient (Wildman–Crippen LogP) is 0.982. The first-order valence-electron chi connectivity index (χ1n) is 9.70. The van der Waals surface area contributed by atoms with Crippen molar-refractivity contribution < 1.29 is 14.3 Å². The molecule has 1 aliphatic heterocycles. The van der Waals surface area contributed by atoms with E-state index in [0.29, 0.717) is 46.5 Å². The van der Waals surface area contributed by atoms with Crippen molar-refractivity contribution in [1.82, 2.24) is 14.4 Å². The summed E-state index contributed by atoms with van der Waals surface area (Å²) in [7, 11) is 0. The Hall–Kier alpha value is -3.04. The first kappa shape index (κ1) is 19.3. The Labute approximate surface area is 165 Å². The molecule has 0 bridgehead atoms. The van der Waals surface area contributed by atoms with Crippen LogP contribution in [-0.2, 0) is 0 Å². The molecule has 4 N–H and O–H groups in total. The van der Waals surface area contributed by atoms with Crippen molar-refractivity contribution >= 4 is 17.3 Å². The Balaban J connectivity index is 1.82. The van der Waals surface area contributed by atoms with Gasteiger partial charge in [-0.15, -0.1) is 0 Å². The lowest BCUT2D eigenvalue weighted by atomic mass is 10.0. The summed E-state index contributed by atoms with van der Waals surface area (Å²) in [4.78, 5) is 37.9. The smallest absolute Gasteiger partial charge is 0.404 e. The van der Waals surface area contributed by atoms with Crippen molar-refractivity contribution in [2.75, 3.05) is 23.8 Å². The summed E-state index contributed by atoms with van der Waals surface area (Å²) in [6, 6.07) is -0.268. The Morgan fingerprint density at radius 2 is 2.03 bits per heavy atom. The number of nitrogen functional groups attached to an aromatic ring is 1. The summed E-state index contributed by atoms with van der Waals surface area (Å²) in [5.74, 6) is 5.13. The first-order valence-corrected chi connectivity index (χ1v) is 9.70. The van der Waals surface area contributed by atoms with Crippen molar-refractivity contribution in [2.45, 2.75) is 45.1 Å². The van der Waals surface area contributed by atoms with E-state index in [1.165, 1.54) is 0 Å². The molecule has 2 unspecified atom stereocenters. The molecule has 2 aromatic heterocycles. The van der Waals surface area contributed by atoms with E-state index in [4.69, 9.17) is 10.9 Å². The fraction of sp³-hybridized carbons (Fsp3) is 0.526. The number of fused-ring (bicyclic) bond motifs is 1. The molecule has 1 amide bonds. The van der Waals surface area contributed by atoms with Gasteiger partial charge in [0.25, 0.3) is 5.56 Å². The second-order valence-electron chi connectivity index (χ2n) is 8.05. The van der Waals surface area contributed by atoms with Gasteiger partial charge in [0, 0.05) is 30.3 Å². The molecule has 156 valence electrons. The van der Waals surface area contributed by atoms with Gasteiger partial charge < -0.3 is 21.2 Å². The predicted molar refractivity (Wildman–Crippen MR) is 106 cm³/mol. The van der Waals surface area contributed by atoms with Gasteiger partial charge in [-0.3, -0.25) is 9.20 Å². The third-order valence-electron chi connectivity index (χ3n) is 6.12. The zero-order chi connectivity index (χ0) is 21.0. The molecule has 4 rings (SSSR count). The lowest BCUT2D eigenvalue weighted by Gasteiger charge is -2.25. The normalized spacial score (nSPS) is 20.2. The van der Waals surface area contributed by atoms with E-state index in [1.54, 1.807) is 13.8 Å². The molecule has 29 heavy (non-hydrogen) atoms. The van der Waals surface area contributed by atoms with E-state index < -0.39 is 23.2 Å². The maximum atomic E-state index is 15.1. The van der Waals surface area contributed by atoms with Gasteiger partial charge in [-0.2, -0.15) is 4.68 Å². The Kier molecular flexibility index (Phi) is 4.51. The zero-order valence-corrected chi connectivity index (χ0v) is 16.3. The number of amides is 1. The summed E-state index contributed by atoms with van der Waals surface area (Å²) in [5, 5.41) is 11.4. The van der Waals surface area contributed by atoms with Gasteiger partial charge >= 0.3 is 11.8 Å². The molecule has 0 spiro atoms. The van der Waals surface area contributed by atoms with Crippen molar-refractivity contribution in [1.29, 1.82) is 0 Å². The minimum atomic E-state index is -1.09. The van der Waals surface area contributed by atoms with Gasteiger partial charge in [-0.1, -0.05) is 0 Å². The topological polar surface area (TPSA) is 122 Å². The van der Waals surface area contributed by atoms with Crippen LogP contribution in [0.15, 0.2) is 15.8 Å². The lowest BCUT2D eigenvalue weighted by molar-refractivity contribution is 0.186. The molecular weight excluding hydrogens is 381 g/mol. The summed E-state index contributed by atoms with van der Waals surface area (Å²) >= 11 is 0. The monoisotopic (exact) mass is 405 g/mol. The third-order valence-corrected chi connectivity index (χ3v) is 6.12. The standard InChI is InChI=1S/C19H24FN5O4/c1-9-15(23-6-5-12(7-23)10(2)22-18(27)28)13(20)8-24-16(9)14(11-3-4-11)17(26)25(21)19(24)29/h8,10-12,22H,3-7,21H2,1-2H3,(H,27,28). The molecule has 2 fully saturated rings. The minimum absolute atomic E-state index is 0.0241. The largest absolute Gasteiger partial charge is 0.465 e. The van der Waals surface area contributed by atoms with Gasteiger partial charge in [-0.05, 0) is 44.9 Å². The van der Waals surface area contributed by atoms with Crippen LogP contribution >= 0.6 is 0 Å². The maximum absolute atomic E-state index is 15.1. The first-order chi connectivity index (χ1) is 13.7. The Bertz CT molecular complexity index is 1120. The van der Waals surface area contributed by atoms with E-state index in [-0.39, 0.29) is 17.9 Å². The number of nitrogens with zero attached hydrogens (tertiary/aromatic N) is 3. The minimum Gasteiger partial charge on any atom is -0.465 e. The van der Waals surface area contributed by atoms with Crippen LogP contribution < -0.4 is 27.3 Å². The second kappa shape index (κ2) is 6.78. The van der Waals surface area contributed by atoms with Gasteiger partial charge in [0.15, 0.2) is 5.82 Å². The zero-order valence-electron chi connectivity index (χ0n) is 16.3. The maximum Gasteiger partial charge on any atom is 0.404 e. The van der Waals surface area contributed by atoms with E-state index in [1.807, 2.05) is 4.90 Å². The van der Waals surface area contributed by atoms with E-state index in [2.05, 4.69) is 5.32 Å². The quantitative estimate of drug-likeness (QED) is 0.652. The van der Waals surface area contributed by atoms with Crippen LogP contribution in [0.4, 0.5) is 14.9 Å². The van der Waals surface area contributed by atoms with Crippen LogP contribution in [0.5, 0.6) is 0 Å². The van der Waals surface area contributed by atoms with Crippen LogP contribution in [0.2, 0.25) is 0 Å².